The lowest BCUT2D eigenvalue weighted by Gasteiger charge is -2.11. The molecular formula is C18H22ClNO4. The maximum absolute atomic E-state index is 5.53. The smallest absolute Gasteiger partial charge is 0.231 e. The molecule has 0 aliphatic carbocycles. The van der Waals surface area contributed by atoms with Crippen molar-refractivity contribution in [2.24, 2.45) is 0 Å². The molecule has 2 aromatic rings. The van der Waals surface area contributed by atoms with Gasteiger partial charge in [-0.2, -0.15) is 0 Å². The Labute approximate surface area is 148 Å². The summed E-state index contributed by atoms with van der Waals surface area (Å²) in [6.07, 6.45) is 0. The third-order valence-corrected chi connectivity index (χ3v) is 3.62. The highest BCUT2D eigenvalue weighted by molar-refractivity contribution is 5.85. The molecular weight excluding hydrogens is 330 g/mol. The molecule has 24 heavy (non-hydrogen) atoms. The molecule has 0 aromatic heterocycles. The Balaban J connectivity index is 0.00000208. The molecule has 0 fully saturated rings. The Bertz CT molecular complexity index is 678. The van der Waals surface area contributed by atoms with Crippen molar-refractivity contribution in [2.75, 3.05) is 20.5 Å². The third kappa shape index (κ3) is 4.24. The zero-order chi connectivity index (χ0) is 16.1. The van der Waals surface area contributed by atoms with E-state index in [-0.39, 0.29) is 12.4 Å². The summed E-state index contributed by atoms with van der Waals surface area (Å²) in [4.78, 5) is 0. The van der Waals surface area contributed by atoms with E-state index in [9.17, 15) is 0 Å². The van der Waals surface area contributed by atoms with E-state index in [1.807, 2.05) is 43.3 Å². The summed E-state index contributed by atoms with van der Waals surface area (Å²) in [6.45, 7) is 4.39. The maximum Gasteiger partial charge on any atom is 0.231 e. The van der Waals surface area contributed by atoms with Gasteiger partial charge in [-0.1, -0.05) is 12.1 Å². The summed E-state index contributed by atoms with van der Waals surface area (Å²) < 4.78 is 21.6. The average molecular weight is 352 g/mol. The first-order chi connectivity index (χ1) is 11.3. The first-order valence-corrected chi connectivity index (χ1v) is 7.69. The standard InChI is InChI=1S/C18H21NO4.ClH/c1-3-21-15-6-4-13(8-17(15)20-2)10-19-11-14-5-7-16-18(9-14)23-12-22-16;/h4-9,19H,3,10-12H2,1-2H3;1H. The molecule has 1 aliphatic heterocycles. The normalized spacial score (nSPS) is 11.8. The number of rotatable bonds is 7. The molecule has 1 N–H and O–H groups in total. The summed E-state index contributed by atoms with van der Waals surface area (Å²) in [5, 5.41) is 3.42. The van der Waals surface area contributed by atoms with E-state index in [0.717, 1.165) is 47.2 Å². The topological polar surface area (TPSA) is 49.0 Å². The summed E-state index contributed by atoms with van der Waals surface area (Å²) in [5.74, 6) is 3.15. The fourth-order valence-corrected chi connectivity index (χ4v) is 2.50. The molecule has 3 rings (SSSR count). The van der Waals surface area contributed by atoms with Crippen molar-refractivity contribution in [3.8, 4) is 23.0 Å². The van der Waals surface area contributed by atoms with E-state index in [2.05, 4.69) is 5.32 Å². The van der Waals surface area contributed by atoms with E-state index >= 15 is 0 Å². The SMILES string of the molecule is CCOc1ccc(CNCc2ccc3c(c2)OCO3)cc1OC.Cl. The molecule has 0 radical (unpaired) electrons. The van der Waals surface area contributed by atoms with Crippen LogP contribution in [0.2, 0.25) is 0 Å². The highest BCUT2D eigenvalue weighted by Crippen LogP contribution is 2.32. The van der Waals surface area contributed by atoms with Gasteiger partial charge in [-0.05, 0) is 42.3 Å². The van der Waals surface area contributed by atoms with Crippen LogP contribution in [-0.2, 0) is 13.1 Å². The second-order valence-electron chi connectivity index (χ2n) is 5.21. The second kappa shape index (κ2) is 8.66. The lowest BCUT2D eigenvalue weighted by molar-refractivity contribution is 0.174. The Morgan fingerprint density at radius 1 is 0.958 bits per heavy atom. The Morgan fingerprint density at radius 2 is 1.67 bits per heavy atom. The van der Waals surface area contributed by atoms with Gasteiger partial charge in [-0.3, -0.25) is 0 Å². The van der Waals surface area contributed by atoms with Gasteiger partial charge >= 0.3 is 0 Å². The number of hydrogen-bond donors (Lipinski definition) is 1. The molecule has 5 nitrogen and oxygen atoms in total. The predicted molar refractivity (Wildman–Crippen MR) is 94.5 cm³/mol. The summed E-state index contributed by atoms with van der Waals surface area (Å²) >= 11 is 0. The van der Waals surface area contributed by atoms with Crippen molar-refractivity contribution in [1.29, 1.82) is 0 Å². The molecule has 1 heterocycles. The largest absolute Gasteiger partial charge is 0.493 e. The molecule has 1 aliphatic rings. The van der Waals surface area contributed by atoms with Crippen molar-refractivity contribution in [3.05, 3.63) is 47.5 Å². The predicted octanol–water partition coefficient (Wildman–Crippen LogP) is 3.53. The molecule has 2 aromatic carbocycles. The number of methoxy groups -OCH3 is 1. The summed E-state index contributed by atoms with van der Waals surface area (Å²) in [5.41, 5.74) is 2.30. The van der Waals surface area contributed by atoms with Crippen LogP contribution < -0.4 is 24.3 Å². The highest BCUT2D eigenvalue weighted by atomic mass is 35.5. The van der Waals surface area contributed by atoms with Gasteiger partial charge in [-0.25, -0.2) is 0 Å². The van der Waals surface area contributed by atoms with E-state index in [1.54, 1.807) is 7.11 Å². The third-order valence-electron chi connectivity index (χ3n) is 3.62. The molecule has 0 spiro atoms. The first kappa shape index (κ1) is 18.2. The van der Waals surface area contributed by atoms with Gasteiger partial charge in [0.25, 0.3) is 0 Å². The zero-order valence-electron chi connectivity index (χ0n) is 13.8. The molecule has 0 bridgehead atoms. The van der Waals surface area contributed by atoms with E-state index in [4.69, 9.17) is 18.9 Å². The fraction of sp³-hybridized carbons (Fsp3) is 0.333. The quantitative estimate of drug-likeness (QED) is 0.827. The molecule has 0 amide bonds. The molecule has 0 saturated carbocycles. The number of fused-ring (bicyclic) bond motifs is 1. The summed E-state index contributed by atoms with van der Waals surface area (Å²) in [7, 11) is 1.65. The molecule has 6 heteroatoms. The van der Waals surface area contributed by atoms with E-state index in [0.29, 0.717) is 13.4 Å². The Kier molecular flexibility index (Phi) is 6.58. The monoisotopic (exact) mass is 351 g/mol. The van der Waals surface area contributed by atoms with Gasteiger partial charge in [0.15, 0.2) is 23.0 Å². The van der Waals surface area contributed by atoms with Crippen LogP contribution in [0.3, 0.4) is 0 Å². The first-order valence-electron chi connectivity index (χ1n) is 7.69. The number of hydrogen-bond acceptors (Lipinski definition) is 5. The molecule has 0 atom stereocenters. The lowest BCUT2D eigenvalue weighted by atomic mass is 10.1. The molecule has 0 unspecified atom stereocenters. The minimum atomic E-state index is 0. The number of nitrogens with one attached hydrogen (secondary N) is 1. The summed E-state index contributed by atoms with van der Waals surface area (Å²) in [6, 6.07) is 12.0. The van der Waals surface area contributed by atoms with Crippen LogP contribution in [-0.4, -0.2) is 20.5 Å². The number of benzene rings is 2. The second-order valence-corrected chi connectivity index (χ2v) is 5.21. The van der Waals surface area contributed by atoms with Gasteiger partial charge in [0.2, 0.25) is 6.79 Å². The van der Waals surface area contributed by atoms with Crippen molar-refractivity contribution < 1.29 is 18.9 Å². The molecule has 130 valence electrons. The van der Waals surface area contributed by atoms with Crippen LogP contribution in [0, 0.1) is 0 Å². The van der Waals surface area contributed by atoms with E-state index in [1.165, 1.54) is 0 Å². The van der Waals surface area contributed by atoms with Crippen LogP contribution in [0.5, 0.6) is 23.0 Å². The Hall–Kier alpha value is -2.11. The van der Waals surface area contributed by atoms with E-state index < -0.39 is 0 Å². The number of ether oxygens (including phenoxy) is 4. The van der Waals surface area contributed by atoms with Crippen LogP contribution in [0.1, 0.15) is 18.1 Å². The lowest BCUT2D eigenvalue weighted by Crippen LogP contribution is -2.12. The van der Waals surface area contributed by atoms with Crippen molar-refractivity contribution >= 4 is 12.4 Å². The van der Waals surface area contributed by atoms with Crippen molar-refractivity contribution in [3.63, 3.8) is 0 Å². The van der Waals surface area contributed by atoms with Crippen molar-refractivity contribution in [1.82, 2.24) is 5.32 Å². The van der Waals surface area contributed by atoms with Gasteiger partial charge in [-0.15, -0.1) is 12.4 Å². The van der Waals surface area contributed by atoms with Gasteiger partial charge in [0, 0.05) is 13.1 Å². The van der Waals surface area contributed by atoms with Crippen LogP contribution in [0.15, 0.2) is 36.4 Å². The van der Waals surface area contributed by atoms with Crippen LogP contribution >= 0.6 is 12.4 Å². The average Bonchev–Trinajstić information content (AvgIpc) is 3.04. The van der Waals surface area contributed by atoms with Gasteiger partial charge in [0.05, 0.1) is 13.7 Å². The van der Waals surface area contributed by atoms with Gasteiger partial charge in [0.1, 0.15) is 0 Å². The van der Waals surface area contributed by atoms with Gasteiger partial charge < -0.3 is 24.3 Å². The van der Waals surface area contributed by atoms with Crippen LogP contribution in [0.4, 0.5) is 0 Å². The minimum Gasteiger partial charge on any atom is -0.493 e. The van der Waals surface area contributed by atoms with Crippen LogP contribution in [0.25, 0.3) is 0 Å². The number of halogens is 1. The fourth-order valence-electron chi connectivity index (χ4n) is 2.50. The van der Waals surface area contributed by atoms with Crippen molar-refractivity contribution in [2.45, 2.75) is 20.0 Å². The zero-order valence-corrected chi connectivity index (χ0v) is 14.7. The minimum absolute atomic E-state index is 0. The molecule has 0 saturated heterocycles. The Morgan fingerprint density at radius 3 is 2.42 bits per heavy atom. The highest BCUT2D eigenvalue weighted by Gasteiger charge is 2.13. The maximum atomic E-state index is 5.53.